The number of nitrogens with two attached hydrogens (primary N) is 2. The van der Waals surface area contributed by atoms with Crippen LogP contribution in [0, 0.1) is 0 Å². The number of hydrogen-bond acceptors (Lipinski definition) is 7. The molecule has 2 aromatic heterocycles. The highest BCUT2D eigenvalue weighted by Gasteiger charge is 2.23. The Morgan fingerprint density at radius 1 is 1.32 bits per heavy atom. The molecule has 0 aromatic carbocycles. The van der Waals surface area contributed by atoms with Crippen molar-refractivity contribution in [1.82, 2.24) is 15.0 Å². The number of rotatable bonds is 5. The second-order valence-electron chi connectivity index (χ2n) is 4.07. The third-order valence-electron chi connectivity index (χ3n) is 2.77. The smallest absolute Gasteiger partial charge is 0.269 e. The zero-order valence-electron chi connectivity index (χ0n) is 11.6. The highest BCUT2D eigenvalue weighted by molar-refractivity contribution is 5.71. The zero-order chi connectivity index (χ0) is 16.1. The summed E-state index contributed by atoms with van der Waals surface area (Å²) in [4.78, 5) is 11.7. The van der Waals surface area contributed by atoms with E-state index in [-0.39, 0.29) is 23.0 Å². The van der Waals surface area contributed by atoms with Crippen LogP contribution in [0.25, 0.3) is 5.76 Å². The Kier molecular flexibility index (Phi) is 4.66. The summed E-state index contributed by atoms with van der Waals surface area (Å²) in [5.74, 6) is -0.151. The zero-order valence-corrected chi connectivity index (χ0v) is 11.6. The first-order chi connectivity index (χ1) is 10.6. The molecule has 0 atom stereocenters. The van der Waals surface area contributed by atoms with E-state index in [0.717, 1.165) is 12.4 Å². The van der Waals surface area contributed by atoms with E-state index in [1.54, 1.807) is 0 Å². The predicted molar refractivity (Wildman–Crippen MR) is 78.0 cm³/mol. The van der Waals surface area contributed by atoms with Gasteiger partial charge in [0.1, 0.15) is 11.5 Å². The van der Waals surface area contributed by atoms with Crippen molar-refractivity contribution in [2.45, 2.75) is 6.43 Å². The van der Waals surface area contributed by atoms with Crippen LogP contribution in [0.1, 0.15) is 17.7 Å². The van der Waals surface area contributed by atoms with Crippen molar-refractivity contribution in [2.75, 3.05) is 18.1 Å². The second kappa shape index (κ2) is 6.66. The number of nitrogens with zero attached hydrogens (tertiary/aromatic N) is 3. The molecule has 0 amide bonds. The predicted octanol–water partition coefficient (Wildman–Crippen LogP) is 1.77. The molecule has 0 saturated carbocycles. The summed E-state index contributed by atoms with van der Waals surface area (Å²) in [5, 5.41) is 2.59. The third-order valence-corrected chi connectivity index (χ3v) is 2.77. The van der Waals surface area contributed by atoms with Gasteiger partial charge in [0.2, 0.25) is 0 Å². The largest absolute Gasteiger partial charge is 0.451 e. The molecule has 0 fully saturated rings. The lowest BCUT2D eigenvalue weighted by molar-refractivity contribution is 0.149. The van der Waals surface area contributed by atoms with E-state index in [4.69, 9.17) is 16.2 Å². The number of nitrogen functional groups attached to an aromatic ring is 1. The van der Waals surface area contributed by atoms with Gasteiger partial charge in [0.05, 0.1) is 23.6 Å². The normalized spacial score (nSPS) is 11.5. The number of aromatic nitrogens is 3. The molecule has 7 nitrogen and oxygen atoms in total. The van der Waals surface area contributed by atoms with Gasteiger partial charge < -0.3 is 21.5 Å². The summed E-state index contributed by atoms with van der Waals surface area (Å²) >= 11 is 0. The Morgan fingerprint density at radius 3 is 2.64 bits per heavy atom. The van der Waals surface area contributed by atoms with Crippen LogP contribution < -0.4 is 21.5 Å². The fraction of sp³-hybridized carbons (Fsp3) is 0.154. The molecule has 0 saturated heterocycles. The topological polar surface area (TPSA) is 112 Å². The summed E-state index contributed by atoms with van der Waals surface area (Å²) in [6.07, 6.45) is 3.68. The van der Waals surface area contributed by atoms with E-state index in [0.29, 0.717) is 5.69 Å². The number of halogens is 2. The number of nitrogens with one attached hydrogen (secondary N) is 1. The number of anilines is 2. The van der Waals surface area contributed by atoms with Gasteiger partial charge in [-0.05, 0) is 0 Å². The highest BCUT2D eigenvalue weighted by atomic mass is 19.3. The molecule has 2 rings (SSSR count). The lowest BCUT2D eigenvalue weighted by Gasteiger charge is -2.16. The quantitative estimate of drug-likeness (QED) is 0.721. The fourth-order valence-corrected chi connectivity index (χ4v) is 1.80. The molecule has 5 N–H and O–H groups in total. The summed E-state index contributed by atoms with van der Waals surface area (Å²) in [6, 6.07) is 0. The third kappa shape index (κ3) is 3.03. The van der Waals surface area contributed by atoms with Crippen LogP contribution in [-0.2, 0) is 0 Å². The summed E-state index contributed by atoms with van der Waals surface area (Å²) in [6.45, 7) is 0. The van der Waals surface area contributed by atoms with Gasteiger partial charge in [-0.2, -0.15) is 0 Å². The van der Waals surface area contributed by atoms with E-state index < -0.39 is 12.0 Å². The van der Waals surface area contributed by atoms with E-state index in [2.05, 4.69) is 20.3 Å². The van der Waals surface area contributed by atoms with Crippen molar-refractivity contribution in [3.05, 3.63) is 42.2 Å². The Hall–Kier alpha value is -2.97. The van der Waals surface area contributed by atoms with Gasteiger partial charge in [-0.15, -0.1) is 0 Å². The highest BCUT2D eigenvalue weighted by Crippen LogP contribution is 2.38. The van der Waals surface area contributed by atoms with E-state index in [1.165, 1.54) is 25.6 Å². The van der Waals surface area contributed by atoms with Crippen LogP contribution in [0.15, 0.2) is 31.0 Å². The average Bonchev–Trinajstić information content (AvgIpc) is 2.53. The summed E-state index contributed by atoms with van der Waals surface area (Å²) < 4.78 is 32.1. The van der Waals surface area contributed by atoms with Gasteiger partial charge in [-0.3, -0.25) is 4.98 Å². The monoisotopic (exact) mass is 308 g/mol. The van der Waals surface area contributed by atoms with Crippen molar-refractivity contribution < 1.29 is 13.5 Å². The van der Waals surface area contributed by atoms with Crippen molar-refractivity contribution in [2.24, 2.45) is 5.73 Å². The first-order valence-corrected chi connectivity index (χ1v) is 6.18. The van der Waals surface area contributed by atoms with Crippen LogP contribution >= 0.6 is 0 Å². The molecule has 116 valence electrons. The number of alkyl halides is 2. The number of hydrogen-bond donors (Lipinski definition) is 3. The number of ether oxygens (including phenoxy) is 1. The Bertz CT molecular complexity index is 678. The fourth-order valence-electron chi connectivity index (χ4n) is 1.80. The molecule has 0 radical (unpaired) electrons. The van der Waals surface area contributed by atoms with Crippen molar-refractivity contribution >= 4 is 17.3 Å². The first-order valence-electron chi connectivity index (χ1n) is 6.18. The maximum absolute atomic E-state index is 13.3. The van der Waals surface area contributed by atoms with Crippen LogP contribution in [-0.4, -0.2) is 22.0 Å². The van der Waals surface area contributed by atoms with E-state index in [1.807, 2.05) is 0 Å². The van der Waals surface area contributed by atoms with Crippen molar-refractivity contribution in [3.8, 4) is 5.75 Å². The van der Waals surface area contributed by atoms with Gasteiger partial charge >= 0.3 is 0 Å². The summed E-state index contributed by atoms with van der Waals surface area (Å²) in [5.41, 5.74) is 11.0. The van der Waals surface area contributed by atoms with Gasteiger partial charge in [0, 0.05) is 25.6 Å². The Morgan fingerprint density at radius 2 is 2.09 bits per heavy atom. The molecule has 9 heteroatoms. The van der Waals surface area contributed by atoms with E-state index in [9.17, 15) is 8.78 Å². The van der Waals surface area contributed by atoms with Crippen molar-refractivity contribution in [1.29, 1.82) is 0 Å². The molecule has 22 heavy (non-hydrogen) atoms. The lowest BCUT2D eigenvalue weighted by atomic mass is 10.2. The van der Waals surface area contributed by atoms with Crippen LogP contribution in [0.5, 0.6) is 5.75 Å². The lowest BCUT2D eigenvalue weighted by Crippen LogP contribution is -2.08. The molecular weight excluding hydrogens is 294 g/mol. The van der Waals surface area contributed by atoms with Gasteiger partial charge in [0.15, 0.2) is 11.5 Å². The van der Waals surface area contributed by atoms with Crippen LogP contribution in [0.3, 0.4) is 0 Å². The van der Waals surface area contributed by atoms with Gasteiger partial charge in [-0.1, -0.05) is 0 Å². The van der Waals surface area contributed by atoms with Crippen LogP contribution in [0.2, 0.25) is 0 Å². The van der Waals surface area contributed by atoms with Crippen LogP contribution in [0.4, 0.5) is 20.3 Å². The SMILES string of the molecule is CNc1c(N)ncc(OC(=CN)c2cnccn2)c1C(F)F. The molecule has 0 bridgehead atoms. The molecule has 0 aliphatic carbocycles. The van der Waals surface area contributed by atoms with Gasteiger partial charge in [-0.25, -0.2) is 18.7 Å². The Labute approximate surface area is 125 Å². The number of pyridine rings is 1. The molecular formula is C13H14F2N6O. The van der Waals surface area contributed by atoms with Gasteiger partial charge in [0.25, 0.3) is 6.43 Å². The minimum absolute atomic E-state index is 0.00279. The maximum Gasteiger partial charge on any atom is 0.269 e. The first kappa shape index (κ1) is 15.4. The second-order valence-corrected chi connectivity index (χ2v) is 4.07. The molecule has 0 aliphatic rings. The van der Waals surface area contributed by atoms with E-state index >= 15 is 0 Å². The average molecular weight is 308 g/mol. The minimum atomic E-state index is -2.82. The molecule has 0 unspecified atom stereocenters. The minimum Gasteiger partial charge on any atom is -0.451 e. The molecule has 0 aliphatic heterocycles. The molecule has 0 spiro atoms. The summed E-state index contributed by atoms with van der Waals surface area (Å²) in [7, 11) is 1.46. The standard InChI is InChI=1S/C13H14F2N6O/c1-18-11-10(12(14)15)9(6-21-13(11)17)22-8(4-16)7-5-19-2-3-20-7/h2-6,12,18H,16H2,1H3,(H2,17,21). The molecule has 2 heterocycles. The Balaban J connectivity index is 2.45. The maximum atomic E-state index is 13.3. The van der Waals surface area contributed by atoms with Crippen molar-refractivity contribution in [3.63, 3.8) is 0 Å². The molecule has 2 aromatic rings.